The summed E-state index contributed by atoms with van der Waals surface area (Å²) in [7, 11) is 1.95. The first kappa shape index (κ1) is 14.1. The summed E-state index contributed by atoms with van der Waals surface area (Å²) in [4.78, 5) is 6.94. The van der Waals surface area contributed by atoms with E-state index in [1.807, 2.05) is 17.9 Å². The van der Waals surface area contributed by atoms with E-state index in [9.17, 15) is 0 Å². The minimum atomic E-state index is 0.801. The molecule has 21 heavy (non-hydrogen) atoms. The normalized spacial score (nSPS) is 14.9. The molecule has 3 heterocycles. The van der Waals surface area contributed by atoms with Crippen LogP contribution in [0.3, 0.4) is 0 Å². The molecule has 0 unspecified atom stereocenters. The molecule has 3 rings (SSSR count). The number of aryl methyl sites for hydroxylation is 1. The molecule has 0 aromatic carbocycles. The molecular weight excluding hydrogens is 262 g/mol. The van der Waals surface area contributed by atoms with Gasteiger partial charge < -0.3 is 10.2 Å². The highest BCUT2D eigenvalue weighted by atomic mass is 15.3. The van der Waals surface area contributed by atoms with E-state index in [0.29, 0.717) is 0 Å². The minimum absolute atomic E-state index is 0.801. The average molecular weight is 285 g/mol. The summed E-state index contributed by atoms with van der Waals surface area (Å²) in [5.74, 6) is 1.08. The van der Waals surface area contributed by atoms with Gasteiger partial charge in [0.25, 0.3) is 0 Å². The predicted molar refractivity (Wildman–Crippen MR) is 84.9 cm³/mol. The van der Waals surface area contributed by atoms with Gasteiger partial charge in [0.1, 0.15) is 5.82 Å². The quantitative estimate of drug-likeness (QED) is 0.914. The van der Waals surface area contributed by atoms with Crippen LogP contribution in [0.4, 0.5) is 5.82 Å². The largest absolute Gasteiger partial charge is 0.357 e. The molecule has 1 fully saturated rings. The number of hydrogen-bond donors (Lipinski definition) is 1. The highest BCUT2D eigenvalue weighted by Gasteiger charge is 2.14. The van der Waals surface area contributed by atoms with Crippen LogP contribution in [0.15, 0.2) is 24.5 Å². The third kappa shape index (κ3) is 2.93. The molecule has 0 atom stereocenters. The molecule has 0 radical (unpaired) electrons. The van der Waals surface area contributed by atoms with Gasteiger partial charge in [0, 0.05) is 25.8 Å². The highest BCUT2D eigenvalue weighted by molar-refractivity contribution is 5.44. The van der Waals surface area contributed by atoms with E-state index < -0.39 is 0 Å². The predicted octanol–water partition coefficient (Wildman–Crippen LogP) is 2.15. The molecule has 1 N–H and O–H groups in total. The Morgan fingerprint density at radius 1 is 1.24 bits per heavy atom. The second-order valence-corrected chi connectivity index (χ2v) is 5.50. The molecule has 1 aliphatic heterocycles. The first-order chi connectivity index (χ1) is 10.3. The Labute approximate surface area is 126 Å². The molecule has 5 nitrogen and oxygen atoms in total. The van der Waals surface area contributed by atoms with Crippen LogP contribution >= 0.6 is 0 Å². The molecule has 1 aliphatic rings. The van der Waals surface area contributed by atoms with Gasteiger partial charge in [-0.15, -0.1) is 0 Å². The van der Waals surface area contributed by atoms with E-state index in [2.05, 4.69) is 45.6 Å². The maximum absolute atomic E-state index is 4.67. The zero-order chi connectivity index (χ0) is 14.7. The molecule has 0 spiro atoms. The fourth-order valence-corrected chi connectivity index (χ4v) is 2.84. The molecule has 1 saturated heterocycles. The summed E-state index contributed by atoms with van der Waals surface area (Å²) in [6, 6.07) is 4.21. The van der Waals surface area contributed by atoms with Gasteiger partial charge in [-0.2, -0.15) is 5.10 Å². The van der Waals surface area contributed by atoms with E-state index in [0.717, 1.165) is 43.3 Å². The second-order valence-electron chi connectivity index (χ2n) is 5.50. The maximum Gasteiger partial charge on any atom is 0.128 e. The van der Waals surface area contributed by atoms with Crippen LogP contribution in [0.2, 0.25) is 0 Å². The summed E-state index contributed by atoms with van der Waals surface area (Å²) in [5, 5.41) is 7.84. The van der Waals surface area contributed by atoms with Gasteiger partial charge in [-0.25, -0.2) is 9.67 Å². The summed E-state index contributed by atoms with van der Waals surface area (Å²) < 4.78 is 1.94. The summed E-state index contributed by atoms with van der Waals surface area (Å²) in [6.07, 6.45) is 7.57. The first-order valence-electron chi connectivity index (χ1n) is 7.75. The van der Waals surface area contributed by atoms with E-state index in [4.69, 9.17) is 0 Å². The van der Waals surface area contributed by atoms with Gasteiger partial charge in [0.15, 0.2) is 0 Å². The maximum atomic E-state index is 4.67. The Morgan fingerprint density at radius 2 is 2.05 bits per heavy atom. The smallest absolute Gasteiger partial charge is 0.128 e. The molecule has 2 aromatic heterocycles. The Hall–Kier alpha value is -1.88. The van der Waals surface area contributed by atoms with Crippen LogP contribution in [-0.4, -0.2) is 34.9 Å². The number of hydrogen-bond acceptors (Lipinski definition) is 4. The fourth-order valence-electron chi connectivity index (χ4n) is 2.84. The zero-order valence-corrected chi connectivity index (χ0v) is 12.8. The van der Waals surface area contributed by atoms with Gasteiger partial charge in [-0.1, -0.05) is 6.92 Å². The van der Waals surface area contributed by atoms with Crippen LogP contribution in [-0.2, 0) is 13.0 Å². The van der Waals surface area contributed by atoms with Gasteiger partial charge in [0.05, 0.1) is 17.6 Å². The third-order valence-electron chi connectivity index (χ3n) is 4.03. The Balaban J connectivity index is 1.83. The zero-order valence-electron chi connectivity index (χ0n) is 12.8. The van der Waals surface area contributed by atoms with Crippen molar-refractivity contribution in [2.75, 3.05) is 25.0 Å². The van der Waals surface area contributed by atoms with Crippen LogP contribution < -0.4 is 10.2 Å². The number of nitrogens with one attached hydrogen (secondary N) is 1. The minimum Gasteiger partial charge on any atom is -0.357 e. The van der Waals surface area contributed by atoms with Crippen LogP contribution in [0.1, 0.15) is 31.0 Å². The Kier molecular flexibility index (Phi) is 4.20. The van der Waals surface area contributed by atoms with Crippen molar-refractivity contribution >= 4 is 5.82 Å². The summed E-state index contributed by atoms with van der Waals surface area (Å²) >= 11 is 0. The van der Waals surface area contributed by atoms with Crippen LogP contribution in [0.5, 0.6) is 0 Å². The van der Waals surface area contributed by atoms with Gasteiger partial charge in [0.2, 0.25) is 0 Å². The number of nitrogens with zero attached hydrogens (tertiary/aromatic N) is 4. The van der Waals surface area contributed by atoms with Crippen molar-refractivity contribution < 1.29 is 0 Å². The molecule has 0 saturated carbocycles. The van der Waals surface area contributed by atoms with Crippen molar-refractivity contribution in [2.24, 2.45) is 0 Å². The first-order valence-corrected chi connectivity index (χ1v) is 7.75. The summed E-state index contributed by atoms with van der Waals surface area (Å²) in [5.41, 5.74) is 3.42. The van der Waals surface area contributed by atoms with Crippen molar-refractivity contribution in [3.63, 3.8) is 0 Å². The number of pyridine rings is 1. The monoisotopic (exact) mass is 285 g/mol. The molecular formula is C16H23N5. The average Bonchev–Trinajstić information content (AvgIpc) is 3.17. The number of anilines is 1. The lowest BCUT2D eigenvalue weighted by atomic mass is 10.2. The molecule has 5 heteroatoms. The highest BCUT2D eigenvalue weighted by Crippen LogP contribution is 2.19. The van der Waals surface area contributed by atoms with Crippen molar-refractivity contribution in [2.45, 2.75) is 32.7 Å². The van der Waals surface area contributed by atoms with Gasteiger partial charge >= 0.3 is 0 Å². The molecule has 2 aromatic rings. The lowest BCUT2D eigenvalue weighted by molar-refractivity contribution is 0.751. The van der Waals surface area contributed by atoms with Crippen molar-refractivity contribution in [1.29, 1.82) is 0 Å². The van der Waals surface area contributed by atoms with Gasteiger partial charge in [-0.05, 0) is 44.0 Å². The van der Waals surface area contributed by atoms with E-state index >= 15 is 0 Å². The topological polar surface area (TPSA) is 46.0 Å². The number of rotatable bonds is 5. The molecule has 0 bridgehead atoms. The third-order valence-corrected chi connectivity index (χ3v) is 4.03. The van der Waals surface area contributed by atoms with Crippen LogP contribution in [0, 0.1) is 0 Å². The lowest BCUT2D eigenvalue weighted by Gasteiger charge is -2.16. The summed E-state index contributed by atoms with van der Waals surface area (Å²) in [6.45, 7) is 5.21. The molecule has 0 amide bonds. The number of aromatic nitrogens is 3. The standard InChI is InChI=1S/C16H23N5/c1-3-13-12-21(19-15(13)11-17-2)14-6-7-16(18-10-14)20-8-4-5-9-20/h6-7,10,12,17H,3-5,8-9,11H2,1-2H3. The molecule has 112 valence electrons. The second kappa shape index (κ2) is 6.26. The van der Waals surface area contributed by atoms with Crippen LogP contribution in [0.25, 0.3) is 5.69 Å². The Morgan fingerprint density at radius 3 is 2.67 bits per heavy atom. The SMILES string of the molecule is CCc1cn(-c2ccc(N3CCCC3)nc2)nc1CNC. The van der Waals surface area contributed by atoms with E-state index in [1.54, 1.807) is 0 Å². The van der Waals surface area contributed by atoms with Crippen molar-refractivity contribution in [3.8, 4) is 5.69 Å². The van der Waals surface area contributed by atoms with Crippen molar-refractivity contribution in [3.05, 3.63) is 35.8 Å². The lowest BCUT2D eigenvalue weighted by Crippen LogP contribution is -2.18. The molecule has 0 aliphatic carbocycles. The Bertz CT molecular complexity index is 581. The van der Waals surface area contributed by atoms with E-state index in [-0.39, 0.29) is 0 Å². The fraction of sp³-hybridized carbons (Fsp3) is 0.500. The van der Waals surface area contributed by atoms with Crippen molar-refractivity contribution in [1.82, 2.24) is 20.1 Å². The van der Waals surface area contributed by atoms with Gasteiger partial charge in [-0.3, -0.25) is 0 Å². The van der Waals surface area contributed by atoms with E-state index in [1.165, 1.54) is 18.4 Å².